The van der Waals surface area contributed by atoms with E-state index in [4.69, 9.17) is 7.58 Å². The van der Waals surface area contributed by atoms with Gasteiger partial charge in [-0.3, -0.25) is 0 Å². The van der Waals surface area contributed by atoms with Crippen LogP contribution in [0.15, 0.2) is 48.5 Å². The molecule has 0 fully saturated rings. The molecule has 0 unspecified atom stereocenters. The smallest absolute Gasteiger partial charge is 0.614 e. The summed E-state index contributed by atoms with van der Waals surface area (Å²) in [5, 5.41) is 0. The predicted molar refractivity (Wildman–Crippen MR) is 70.8 cm³/mol. The van der Waals surface area contributed by atoms with E-state index in [2.05, 4.69) is 13.8 Å². The molecule has 0 aliphatic heterocycles. The highest BCUT2D eigenvalue weighted by Gasteiger charge is 2.03. The van der Waals surface area contributed by atoms with E-state index in [1.54, 1.807) is 0 Å². The average Bonchev–Trinajstić information content (AvgIpc) is 2.34. The molecule has 0 amide bonds. The second-order valence-corrected chi connectivity index (χ2v) is 4.85. The van der Waals surface area contributed by atoms with Gasteiger partial charge in [0.05, 0.1) is 11.5 Å². The monoisotopic (exact) mass is 242 g/mol. The average molecular weight is 242 g/mol. The van der Waals surface area contributed by atoms with Gasteiger partial charge in [-0.05, 0) is 38.1 Å². The summed E-state index contributed by atoms with van der Waals surface area (Å²) in [7, 11) is 0. The predicted octanol–water partition coefficient (Wildman–Crippen LogP) is 3.03. The van der Waals surface area contributed by atoms with Crippen molar-refractivity contribution >= 4 is 15.9 Å². The third-order valence-corrected chi connectivity index (χ3v) is 3.40. The summed E-state index contributed by atoms with van der Waals surface area (Å²) in [5.74, 6) is 1.77. The minimum Gasteiger partial charge on any atom is -0.614 e. The van der Waals surface area contributed by atoms with Crippen molar-refractivity contribution in [3.63, 3.8) is 0 Å². The van der Waals surface area contributed by atoms with Crippen LogP contribution in [0.5, 0.6) is 11.5 Å². The van der Waals surface area contributed by atoms with Crippen molar-refractivity contribution in [2.45, 2.75) is 13.8 Å². The van der Waals surface area contributed by atoms with E-state index >= 15 is 0 Å². The van der Waals surface area contributed by atoms with Crippen molar-refractivity contribution in [2.75, 3.05) is 0 Å². The highest BCUT2D eigenvalue weighted by Crippen LogP contribution is 2.13. The van der Waals surface area contributed by atoms with Gasteiger partial charge in [-0.15, -0.1) is 0 Å². The van der Waals surface area contributed by atoms with Crippen molar-refractivity contribution in [1.82, 2.24) is 0 Å². The molecule has 0 saturated carbocycles. The van der Waals surface area contributed by atoms with Gasteiger partial charge in [-0.1, -0.05) is 35.4 Å². The quantitative estimate of drug-likeness (QED) is 0.767. The summed E-state index contributed by atoms with van der Waals surface area (Å²) in [4.78, 5) is 0. The summed E-state index contributed by atoms with van der Waals surface area (Å²) in [6, 6.07) is 16.0. The van der Waals surface area contributed by atoms with Gasteiger partial charge in [-0.2, -0.15) is 0 Å². The van der Waals surface area contributed by atoms with Crippen LogP contribution in [-0.2, 0) is 0 Å². The van der Waals surface area contributed by atoms with Gasteiger partial charge in [0.2, 0.25) is 0 Å². The Morgan fingerprint density at radius 2 is 1.00 bits per heavy atom. The Balaban J connectivity index is 1.83. The number of hydrogen-bond acceptors (Lipinski definition) is 2. The second kappa shape index (κ2) is 5.77. The first kappa shape index (κ1) is 12.0. The zero-order chi connectivity index (χ0) is 12.1. The molecule has 0 radical (unpaired) electrons. The lowest BCUT2D eigenvalue weighted by molar-refractivity contribution is 0.459. The number of hydrogen-bond donors (Lipinski definition) is 0. The SMILES string of the molecule is Cc1ccc([O][AlH][O]c2ccc(C)cc2)cc1. The summed E-state index contributed by atoms with van der Waals surface area (Å²) >= 11 is -1.01. The molecule has 0 aliphatic rings. The highest BCUT2D eigenvalue weighted by molar-refractivity contribution is 6.20. The van der Waals surface area contributed by atoms with E-state index in [1.807, 2.05) is 48.5 Å². The Kier molecular flexibility index (Phi) is 4.09. The first-order valence-electron chi connectivity index (χ1n) is 5.63. The maximum absolute atomic E-state index is 5.61. The van der Waals surface area contributed by atoms with Gasteiger partial charge in [0, 0.05) is 0 Å². The summed E-state index contributed by atoms with van der Waals surface area (Å²) in [6.45, 7) is 4.12. The molecule has 17 heavy (non-hydrogen) atoms. The van der Waals surface area contributed by atoms with E-state index < -0.39 is 15.9 Å². The summed E-state index contributed by atoms with van der Waals surface area (Å²) in [5.41, 5.74) is 2.47. The Morgan fingerprint density at radius 3 is 1.35 bits per heavy atom. The molecule has 2 aromatic carbocycles. The van der Waals surface area contributed by atoms with Crippen molar-refractivity contribution in [1.29, 1.82) is 0 Å². The van der Waals surface area contributed by atoms with Gasteiger partial charge >= 0.3 is 15.9 Å². The normalized spacial score (nSPS) is 9.76. The number of aryl methyl sites for hydroxylation is 2. The maximum atomic E-state index is 5.61. The Morgan fingerprint density at radius 1 is 0.647 bits per heavy atom. The largest absolute Gasteiger partial charge is 0.832 e. The standard InChI is InChI=1S/2C7H8O.Al.H/c2*1-6-2-4-7(8)5-3-6;;/h2*2-5,8H,1H3;;/q;;+2;/p-2. The van der Waals surface area contributed by atoms with Crippen LogP contribution in [0.2, 0.25) is 0 Å². The van der Waals surface area contributed by atoms with Crippen LogP contribution in [0.4, 0.5) is 0 Å². The topological polar surface area (TPSA) is 18.5 Å². The van der Waals surface area contributed by atoms with Gasteiger partial charge in [0.25, 0.3) is 0 Å². The van der Waals surface area contributed by atoms with Crippen LogP contribution in [0, 0.1) is 13.8 Å². The molecule has 3 heteroatoms. The fraction of sp³-hybridized carbons (Fsp3) is 0.143. The lowest BCUT2D eigenvalue weighted by Crippen LogP contribution is -2.10. The molecule has 2 aromatic rings. The van der Waals surface area contributed by atoms with E-state index in [1.165, 1.54) is 11.1 Å². The molecule has 0 aromatic heterocycles. The van der Waals surface area contributed by atoms with Gasteiger partial charge in [0.1, 0.15) is 0 Å². The highest BCUT2D eigenvalue weighted by atomic mass is 27.2. The Labute approximate surface area is 109 Å². The molecule has 0 bridgehead atoms. The lowest BCUT2D eigenvalue weighted by Gasteiger charge is -2.08. The van der Waals surface area contributed by atoms with Crippen LogP contribution in [0.1, 0.15) is 11.1 Å². The van der Waals surface area contributed by atoms with E-state index in [-0.39, 0.29) is 0 Å². The van der Waals surface area contributed by atoms with Crippen LogP contribution in [-0.4, -0.2) is 15.9 Å². The van der Waals surface area contributed by atoms with Crippen LogP contribution >= 0.6 is 0 Å². The van der Waals surface area contributed by atoms with E-state index in [0.29, 0.717) is 0 Å². The molecular weight excluding hydrogens is 227 g/mol. The Bertz CT molecular complexity index is 417. The zero-order valence-electron chi connectivity index (χ0n) is 10.1. The fourth-order valence-electron chi connectivity index (χ4n) is 1.43. The molecular formula is C14H15AlO2. The first-order chi connectivity index (χ1) is 8.24. The minimum atomic E-state index is -1.01. The third kappa shape index (κ3) is 3.81. The molecule has 0 atom stereocenters. The number of rotatable bonds is 4. The first-order valence-corrected chi connectivity index (χ1v) is 6.78. The van der Waals surface area contributed by atoms with Crippen LogP contribution in [0.3, 0.4) is 0 Å². The van der Waals surface area contributed by atoms with Crippen LogP contribution in [0.25, 0.3) is 0 Å². The lowest BCUT2D eigenvalue weighted by atomic mass is 10.2. The third-order valence-electron chi connectivity index (χ3n) is 2.49. The molecule has 0 heterocycles. The summed E-state index contributed by atoms with van der Waals surface area (Å²) < 4.78 is 11.2. The molecule has 0 N–H and O–H groups in total. The van der Waals surface area contributed by atoms with Crippen molar-refractivity contribution in [3.05, 3.63) is 59.7 Å². The molecule has 2 rings (SSSR count). The Hall–Kier alpha value is -1.43. The number of benzene rings is 2. The van der Waals surface area contributed by atoms with Crippen molar-refractivity contribution < 1.29 is 7.58 Å². The summed E-state index contributed by atoms with van der Waals surface area (Å²) in [6.07, 6.45) is 0. The fourth-order valence-corrected chi connectivity index (χ4v) is 2.15. The molecule has 0 spiro atoms. The van der Waals surface area contributed by atoms with Gasteiger partial charge in [0.15, 0.2) is 0 Å². The van der Waals surface area contributed by atoms with Gasteiger partial charge < -0.3 is 7.58 Å². The molecule has 86 valence electrons. The van der Waals surface area contributed by atoms with E-state index in [0.717, 1.165) is 11.5 Å². The maximum Gasteiger partial charge on any atom is 0.832 e. The van der Waals surface area contributed by atoms with Crippen molar-refractivity contribution in [2.24, 2.45) is 0 Å². The van der Waals surface area contributed by atoms with Crippen molar-refractivity contribution in [3.8, 4) is 11.5 Å². The molecule has 0 aliphatic carbocycles. The minimum absolute atomic E-state index is 0.884. The van der Waals surface area contributed by atoms with Gasteiger partial charge in [-0.25, -0.2) is 0 Å². The molecule has 0 saturated heterocycles. The zero-order valence-corrected chi connectivity index (χ0v) is 11.6. The van der Waals surface area contributed by atoms with E-state index in [9.17, 15) is 0 Å². The second-order valence-electron chi connectivity index (χ2n) is 4.03. The van der Waals surface area contributed by atoms with Crippen LogP contribution < -0.4 is 7.58 Å². The molecule has 2 nitrogen and oxygen atoms in total.